The van der Waals surface area contributed by atoms with E-state index in [2.05, 4.69) is 20.8 Å². The summed E-state index contributed by atoms with van der Waals surface area (Å²) in [6, 6.07) is 8.87. The topological polar surface area (TPSA) is 96.1 Å². The van der Waals surface area contributed by atoms with Gasteiger partial charge in [0.2, 0.25) is 5.95 Å². The third-order valence-electron chi connectivity index (χ3n) is 2.24. The molecule has 0 aliphatic rings. The summed E-state index contributed by atoms with van der Waals surface area (Å²) in [5.41, 5.74) is 0.801. The van der Waals surface area contributed by atoms with Crippen molar-refractivity contribution in [2.24, 2.45) is 0 Å². The van der Waals surface area contributed by atoms with Crippen LogP contribution < -0.4 is 5.32 Å². The predicted molar refractivity (Wildman–Crippen MR) is 60.7 cm³/mol. The van der Waals surface area contributed by atoms with E-state index in [0.717, 1.165) is 5.69 Å². The summed E-state index contributed by atoms with van der Waals surface area (Å²) in [4.78, 5) is 0. The molecule has 7 heteroatoms. The molecule has 0 amide bonds. The molecule has 0 aliphatic heterocycles. The molecule has 0 saturated heterocycles. The first kappa shape index (κ1) is 11.5. The van der Waals surface area contributed by atoms with Gasteiger partial charge < -0.3 is 15.5 Å². The Hall–Kier alpha value is -1.99. The molecule has 0 atom stereocenters. The number of rotatable bonds is 5. The van der Waals surface area contributed by atoms with Gasteiger partial charge in [-0.15, -0.1) is 0 Å². The Morgan fingerprint density at radius 3 is 2.53 bits per heavy atom. The average molecular weight is 235 g/mol. The van der Waals surface area contributed by atoms with E-state index in [0.29, 0.717) is 5.95 Å². The molecule has 3 N–H and O–H groups in total. The van der Waals surface area contributed by atoms with E-state index in [4.69, 9.17) is 10.2 Å². The predicted octanol–water partition coefficient (Wildman–Crippen LogP) is -0.573. The summed E-state index contributed by atoms with van der Waals surface area (Å²) in [6.45, 7) is -0.393. The van der Waals surface area contributed by atoms with Crippen LogP contribution in [-0.2, 0) is 0 Å². The van der Waals surface area contributed by atoms with Crippen molar-refractivity contribution in [3.63, 3.8) is 0 Å². The lowest BCUT2D eigenvalue weighted by atomic mass is 10.3. The molecule has 0 fully saturated rings. The standard InChI is InChI=1S/C10H13N5O2/c16-6-8(7-17)11-10-12-13-14-15(10)9-4-2-1-3-5-9/h1-5,8,16-17H,6-7H2,(H,11,12,14). The lowest BCUT2D eigenvalue weighted by molar-refractivity contribution is 0.203. The Balaban J connectivity index is 2.23. The third kappa shape index (κ3) is 2.58. The van der Waals surface area contributed by atoms with Crippen LogP contribution in [-0.4, -0.2) is 49.7 Å². The monoisotopic (exact) mass is 235 g/mol. The van der Waals surface area contributed by atoms with Gasteiger partial charge in [0.05, 0.1) is 24.9 Å². The number of benzene rings is 1. The molecule has 1 aromatic heterocycles. The highest BCUT2D eigenvalue weighted by atomic mass is 16.3. The minimum atomic E-state index is -0.483. The minimum Gasteiger partial charge on any atom is -0.394 e. The van der Waals surface area contributed by atoms with Crippen molar-refractivity contribution in [3.8, 4) is 5.69 Å². The van der Waals surface area contributed by atoms with Gasteiger partial charge in [0.1, 0.15) is 0 Å². The van der Waals surface area contributed by atoms with E-state index >= 15 is 0 Å². The Labute approximate surface area is 97.7 Å². The largest absolute Gasteiger partial charge is 0.394 e. The van der Waals surface area contributed by atoms with E-state index in [1.54, 1.807) is 0 Å². The number of hydrogen-bond acceptors (Lipinski definition) is 6. The number of hydrogen-bond donors (Lipinski definition) is 3. The maximum absolute atomic E-state index is 8.99. The highest BCUT2D eigenvalue weighted by Crippen LogP contribution is 2.11. The summed E-state index contributed by atoms with van der Waals surface area (Å²) < 4.78 is 1.50. The fraction of sp³-hybridized carbons (Fsp3) is 0.300. The van der Waals surface area contributed by atoms with Gasteiger partial charge in [0.25, 0.3) is 0 Å². The number of nitrogens with zero attached hydrogens (tertiary/aromatic N) is 4. The van der Waals surface area contributed by atoms with Gasteiger partial charge in [-0.1, -0.05) is 23.3 Å². The number of nitrogens with one attached hydrogen (secondary N) is 1. The van der Waals surface area contributed by atoms with Crippen molar-refractivity contribution >= 4 is 5.95 Å². The van der Waals surface area contributed by atoms with Crippen molar-refractivity contribution in [2.75, 3.05) is 18.5 Å². The summed E-state index contributed by atoms with van der Waals surface area (Å²) in [6.07, 6.45) is 0. The van der Waals surface area contributed by atoms with E-state index < -0.39 is 6.04 Å². The van der Waals surface area contributed by atoms with E-state index in [1.165, 1.54) is 4.68 Å². The van der Waals surface area contributed by atoms with Crippen molar-refractivity contribution in [1.82, 2.24) is 20.2 Å². The molecule has 0 unspecified atom stereocenters. The number of aliphatic hydroxyl groups is 2. The molecular weight excluding hydrogens is 222 g/mol. The van der Waals surface area contributed by atoms with E-state index in [9.17, 15) is 0 Å². The van der Waals surface area contributed by atoms with Crippen LogP contribution in [0.2, 0.25) is 0 Å². The van der Waals surface area contributed by atoms with Crippen LogP contribution in [0, 0.1) is 0 Å². The van der Waals surface area contributed by atoms with Crippen molar-refractivity contribution in [1.29, 1.82) is 0 Å². The molecule has 0 aliphatic carbocycles. The second kappa shape index (κ2) is 5.37. The molecule has 0 spiro atoms. The minimum absolute atomic E-state index is 0.196. The molecule has 1 aromatic carbocycles. The molecule has 0 radical (unpaired) electrons. The van der Waals surface area contributed by atoms with E-state index in [-0.39, 0.29) is 13.2 Å². The Morgan fingerprint density at radius 2 is 1.88 bits per heavy atom. The van der Waals surface area contributed by atoms with Crippen LogP contribution in [0.15, 0.2) is 30.3 Å². The maximum Gasteiger partial charge on any atom is 0.248 e. The first-order chi connectivity index (χ1) is 8.35. The molecule has 1 heterocycles. The maximum atomic E-state index is 8.99. The second-order valence-corrected chi connectivity index (χ2v) is 3.46. The van der Waals surface area contributed by atoms with Gasteiger partial charge in [0.15, 0.2) is 0 Å². The van der Waals surface area contributed by atoms with Gasteiger partial charge in [-0.2, -0.15) is 4.68 Å². The molecular formula is C10H13N5O2. The molecule has 2 rings (SSSR count). The number of aromatic nitrogens is 4. The zero-order valence-corrected chi connectivity index (χ0v) is 9.06. The van der Waals surface area contributed by atoms with Crippen LogP contribution in [0.5, 0.6) is 0 Å². The highest BCUT2D eigenvalue weighted by molar-refractivity contribution is 5.38. The molecule has 90 valence electrons. The van der Waals surface area contributed by atoms with Gasteiger partial charge in [0, 0.05) is 0 Å². The SMILES string of the molecule is OCC(CO)Nc1nnnn1-c1ccccc1. The summed E-state index contributed by atoms with van der Waals surface area (Å²) in [5, 5.41) is 32.0. The fourth-order valence-corrected chi connectivity index (χ4v) is 1.35. The van der Waals surface area contributed by atoms with Gasteiger partial charge in [-0.25, -0.2) is 0 Å². The van der Waals surface area contributed by atoms with Crippen LogP contribution >= 0.6 is 0 Å². The number of aliphatic hydroxyl groups excluding tert-OH is 2. The number of tetrazole rings is 1. The normalized spacial score (nSPS) is 10.8. The summed E-state index contributed by atoms with van der Waals surface area (Å²) >= 11 is 0. The molecule has 2 aromatic rings. The molecule has 17 heavy (non-hydrogen) atoms. The first-order valence-corrected chi connectivity index (χ1v) is 5.17. The lowest BCUT2D eigenvalue weighted by Gasteiger charge is -2.13. The molecule has 7 nitrogen and oxygen atoms in total. The first-order valence-electron chi connectivity index (χ1n) is 5.17. The summed E-state index contributed by atoms with van der Waals surface area (Å²) in [5.74, 6) is 0.379. The Kier molecular flexibility index (Phi) is 3.63. The smallest absolute Gasteiger partial charge is 0.248 e. The average Bonchev–Trinajstić information content (AvgIpc) is 2.85. The van der Waals surface area contributed by atoms with Crippen molar-refractivity contribution in [2.45, 2.75) is 6.04 Å². The van der Waals surface area contributed by atoms with Crippen LogP contribution in [0.3, 0.4) is 0 Å². The lowest BCUT2D eigenvalue weighted by Crippen LogP contribution is -2.29. The van der Waals surface area contributed by atoms with Gasteiger partial charge in [-0.05, 0) is 22.6 Å². The van der Waals surface area contributed by atoms with Crippen LogP contribution in [0.25, 0.3) is 5.69 Å². The Bertz CT molecular complexity index is 455. The quantitative estimate of drug-likeness (QED) is 0.642. The Morgan fingerprint density at radius 1 is 1.18 bits per heavy atom. The van der Waals surface area contributed by atoms with Crippen molar-refractivity contribution in [3.05, 3.63) is 30.3 Å². The summed E-state index contributed by atoms with van der Waals surface area (Å²) in [7, 11) is 0. The van der Waals surface area contributed by atoms with Gasteiger partial charge >= 0.3 is 0 Å². The van der Waals surface area contributed by atoms with Crippen LogP contribution in [0.1, 0.15) is 0 Å². The van der Waals surface area contributed by atoms with Crippen molar-refractivity contribution < 1.29 is 10.2 Å². The van der Waals surface area contributed by atoms with E-state index in [1.807, 2.05) is 30.3 Å². The van der Waals surface area contributed by atoms with Gasteiger partial charge in [-0.3, -0.25) is 0 Å². The molecule has 0 saturated carbocycles. The number of anilines is 1. The zero-order valence-electron chi connectivity index (χ0n) is 9.06. The number of para-hydroxylation sites is 1. The third-order valence-corrected chi connectivity index (χ3v) is 2.24. The second-order valence-electron chi connectivity index (χ2n) is 3.46. The fourth-order valence-electron chi connectivity index (χ4n) is 1.35. The van der Waals surface area contributed by atoms with Crippen LogP contribution in [0.4, 0.5) is 5.95 Å². The zero-order chi connectivity index (χ0) is 12.1. The highest BCUT2D eigenvalue weighted by Gasteiger charge is 2.12. The molecule has 0 bridgehead atoms.